The largest absolute Gasteiger partial charge is 0.507 e. The van der Waals surface area contributed by atoms with E-state index in [-0.39, 0.29) is 11.3 Å². The summed E-state index contributed by atoms with van der Waals surface area (Å²) in [4.78, 5) is 27.6. The maximum Gasteiger partial charge on any atom is 0.300 e. The maximum absolute atomic E-state index is 13.6. The number of aliphatic hydroxyl groups is 1. The second-order valence-electron chi connectivity index (χ2n) is 7.79. The van der Waals surface area contributed by atoms with Crippen LogP contribution in [0.2, 0.25) is 0 Å². The fourth-order valence-corrected chi connectivity index (χ4v) is 3.91. The second kappa shape index (κ2) is 9.79. The summed E-state index contributed by atoms with van der Waals surface area (Å²) in [5.74, 6) is -1.26. The van der Waals surface area contributed by atoms with Gasteiger partial charge >= 0.3 is 0 Å². The molecule has 1 amide bonds. The summed E-state index contributed by atoms with van der Waals surface area (Å²) < 4.78 is 24.5. The Labute approximate surface area is 196 Å². The van der Waals surface area contributed by atoms with Crippen LogP contribution in [0.15, 0.2) is 78.4 Å². The molecule has 0 bridgehead atoms. The molecule has 0 aliphatic carbocycles. The number of ketones is 1. The average molecular weight is 461 g/mol. The highest BCUT2D eigenvalue weighted by Crippen LogP contribution is 2.42. The van der Waals surface area contributed by atoms with E-state index in [1.807, 2.05) is 6.92 Å². The fourth-order valence-electron chi connectivity index (χ4n) is 3.91. The van der Waals surface area contributed by atoms with E-state index in [9.17, 15) is 19.1 Å². The molecule has 4 rings (SSSR count). The number of hydrogen-bond donors (Lipinski definition) is 1. The van der Waals surface area contributed by atoms with E-state index in [0.717, 1.165) is 6.42 Å². The number of methoxy groups -OCH3 is 1. The van der Waals surface area contributed by atoms with Crippen LogP contribution in [0.4, 0.5) is 10.1 Å². The molecular formula is C27H24FNO5. The van der Waals surface area contributed by atoms with Crippen molar-refractivity contribution in [3.8, 4) is 11.5 Å². The molecule has 1 N–H and O–H groups in total. The van der Waals surface area contributed by atoms with Crippen molar-refractivity contribution in [3.05, 3.63) is 95.3 Å². The van der Waals surface area contributed by atoms with Gasteiger partial charge in [-0.25, -0.2) is 4.39 Å². The van der Waals surface area contributed by atoms with E-state index in [1.54, 1.807) is 48.5 Å². The molecule has 34 heavy (non-hydrogen) atoms. The smallest absolute Gasteiger partial charge is 0.300 e. The van der Waals surface area contributed by atoms with Gasteiger partial charge in [0.15, 0.2) is 0 Å². The van der Waals surface area contributed by atoms with Gasteiger partial charge in [0.05, 0.1) is 25.3 Å². The molecule has 1 saturated heterocycles. The fraction of sp³-hybridized carbons (Fsp3) is 0.185. The number of carbonyl (C=O) groups excluding carboxylic acids is 2. The Morgan fingerprint density at radius 2 is 1.71 bits per heavy atom. The molecular weight excluding hydrogens is 437 g/mol. The van der Waals surface area contributed by atoms with Gasteiger partial charge in [0.25, 0.3) is 11.7 Å². The summed E-state index contributed by atoms with van der Waals surface area (Å²) in [5, 5.41) is 11.2. The van der Waals surface area contributed by atoms with Crippen LogP contribution in [0.25, 0.3) is 5.76 Å². The van der Waals surface area contributed by atoms with Crippen LogP contribution < -0.4 is 14.4 Å². The molecule has 3 aromatic rings. The standard InChI is InChI=1S/C27H24FNO5/c1-3-15-34-21-13-7-17(8-14-21)25(30)23-24(18-5-4-6-22(16-18)33-2)29(27(32)26(23)31)20-11-9-19(28)10-12-20/h4-14,16,24,30H,3,15H2,1-2H3/b25-23-. The summed E-state index contributed by atoms with van der Waals surface area (Å²) in [6.45, 7) is 2.56. The highest BCUT2D eigenvalue weighted by atomic mass is 19.1. The monoisotopic (exact) mass is 461 g/mol. The topological polar surface area (TPSA) is 76.1 Å². The lowest BCUT2D eigenvalue weighted by molar-refractivity contribution is -0.132. The highest BCUT2D eigenvalue weighted by molar-refractivity contribution is 6.51. The van der Waals surface area contributed by atoms with Gasteiger partial charge in [0.2, 0.25) is 0 Å². The molecule has 0 radical (unpaired) electrons. The average Bonchev–Trinajstić information content (AvgIpc) is 3.13. The van der Waals surface area contributed by atoms with Crippen molar-refractivity contribution in [2.45, 2.75) is 19.4 Å². The van der Waals surface area contributed by atoms with Gasteiger partial charge in [0.1, 0.15) is 23.1 Å². The Kier molecular flexibility index (Phi) is 6.63. The van der Waals surface area contributed by atoms with Gasteiger partial charge in [-0.15, -0.1) is 0 Å². The minimum absolute atomic E-state index is 0.0650. The summed E-state index contributed by atoms with van der Waals surface area (Å²) in [6.07, 6.45) is 0.856. The molecule has 7 heteroatoms. The van der Waals surface area contributed by atoms with E-state index in [4.69, 9.17) is 9.47 Å². The third-order valence-electron chi connectivity index (χ3n) is 5.56. The molecule has 0 aromatic heterocycles. The third kappa shape index (κ3) is 4.37. The zero-order valence-corrected chi connectivity index (χ0v) is 18.8. The third-order valence-corrected chi connectivity index (χ3v) is 5.56. The van der Waals surface area contributed by atoms with Crippen LogP contribution in [0, 0.1) is 5.82 Å². The first-order chi connectivity index (χ1) is 16.4. The summed E-state index contributed by atoms with van der Waals surface area (Å²) in [7, 11) is 1.51. The van der Waals surface area contributed by atoms with E-state index in [2.05, 4.69) is 0 Å². The summed E-state index contributed by atoms with van der Waals surface area (Å²) in [5.41, 5.74) is 1.20. The quantitative estimate of drug-likeness (QED) is 0.296. The Morgan fingerprint density at radius 1 is 1.00 bits per heavy atom. The van der Waals surface area contributed by atoms with Gasteiger partial charge in [-0.05, 0) is 72.6 Å². The number of halogens is 1. The normalized spacial score (nSPS) is 17.1. The van der Waals surface area contributed by atoms with E-state index >= 15 is 0 Å². The van der Waals surface area contributed by atoms with Crippen LogP contribution in [0.1, 0.15) is 30.5 Å². The Balaban J connectivity index is 1.85. The molecule has 3 aromatic carbocycles. The minimum atomic E-state index is -0.934. The Morgan fingerprint density at radius 3 is 2.35 bits per heavy atom. The lowest BCUT2D eigenvalue weighted by Crippen LogP contribution is -2.29. The SMILES string of the molecule is CCCOc1ccc(/C(O)=C2/C(=O)C(=O)N(c3ccc(F)cc3)C2c2cccc(OC)c2)cc1. The maximum atomic E-state index is 13.6. The van der Waals surface area contributed by atoms with Crippen LogP contribution in [0.5, 0.6) is 11.5 Å². The van der Waals surface area contributed by atoms with E-state index in [0.29, 0.717) is 34.9 Å². The van der Waals surface area contributed by atoms with Crippen LogP contribution in [-0.4, -0.2) is 30.5 Å². The Bertz CT molecular complexity index is 1230. The molecule has 0 saturated carbocycles. The van der Waals surface area contributed by atoms with Gasteiger partial charge in [-0.3, -0.25) is 14.5 Å². The molecule has 6 nitrogen and oxygen atoms in total. The Hall–Kier alpha value is -4.13. The first kappa shape index (κ1) is 23.0. The lowest BCUT2D eigenvalue weighted by Gasteiger charge is -2.25. The number of ether oxygens (including phenoxy) is 2. The molecule has 1 atom stereocenters. The van der Waals surface area contributed by atoms with Crippen LogP contribution in [-0.2, 0) is 9.59 Å². The van der Waals surface area contributed by atoms with Crippen molar-refractivity contribution in [1.29, 1.82) is 0 Å². The predicted octanol–water partition coefficient (Wildman–Crippen LogP) is 5.25. The number of amides is 1. The molecule has 1 aliphatic rings. The van der Waals surface area contributed by atoms with Crippen molar-refractivity contribution >= 4 is 23.1 Å². The first-order valence-corrected chi connectivity index (χ1v) is 10.9. The van der Waals surface area contributed by atoms with Crippen molar-refractivity contribution in [2.75, 3.05) is 18.6 Å². The highest BCUT2D eigenvalue weighted by Gasteiger charge is 2.47. The van der Waals surface area contributed by atoms with Gasteiger partial charge in [-0.2, -0.15) is 0 Å². The van der Waals surface area contributed by atoms with Crippen molar-refractivity contribution in [1.82, 2.24) is 0 Å². The second-order valence-corrected chi connectivity index (χ2v) is 7.79. The first-order valence-electron chi connectivity index (χ1n) is 10.9. The molecule has 1 aliphatic heterocycles. The van der Waals surface area contributed by atoms with Crippen molar-refractivity contribution in [2.24, 2.45) is 0 Å². The molecule has 1 fully saturated rings. The van der Waals surface area contributed by atoms with Crippen molar-refractivity contribution < 1.29 is 28.6 Å². The van der Waals surface area contributed by atoms with Gasteiger partial charge in [0, 0.05) is 11.3 Å². The zero-order chi connectivity index (χ0) is 24.2. The van der Waals surface area contributed by atoms with Crippen molar-refractivity contribution in [3.63, 3.8) is 0 Å². The number of carbonyl (C=O) groups is 2. The minimum Gasteiger partial charge on any atom is -0.507 e. The molecule has 0 spiro atoms. The predicted molar refractivity (Wildman–Crippen MR) is 126 cm³/mol. The number of benzene rings is 3. The van der Waals surface area contributed by atoms with Gasteiger partial charge < -0.3 is 14.6 Å². The molecule has 1 heterocycles. The number of aliphatic hydroxyl groups excluding tert-OH is 1. The summed E-state index contributed by atoms with van der Waals surface area (Å²) >= 11 is 0. The van der Waals surface area contributed by atoms with Crippen LogP contribution >= 0.6 is 0 Å². The lowest BCUT2D eigenvalue weighted by atomic mass is 9.95. The number of nitrogens with zero attached hydrogens (tertiary/aromatic N) is 1. The number of hydrogen-bond acceptors (Lipinski definition) is 5. The van der Waals surface area contributed by atoms with E-state index < -0.39 is 23.5 Å². The number of rotatable bonds is 7. The summed E-state index contributed by atoms with van der Waals surface area (Å²) in [6, 6.07) is 17.9. The number of Topliss-reactive ketones (excluding diaryl/α,β-unsaturated/α-hetero) is 1. The number of anilines is 1. The molecule has 174 valence electrons. The van der Waals surface area contributed by atoms with Crippen LogP contribution in [0.3, 0.4) is 0 Å². The molecule has 1 unspecified atom stereocenters. The zero-order valence-electron chi connectivity index (χ0n) is 18.8. The van der Waals surface area contributed by atoms with Gasteiger partial charge in [-0.1, -0.05) is 19.1 Å². The van der Waals surface area contributed by atoms with E-state index in [1.165, 1.54) is 36.3 Å².